The van der Waals surface area contributed by atoms with Crippen LogP contribution in [0.25, 0.3) is 0 Å². The lowest BCUT2D eigenvalue weighted by Crippen LogP contribution is -2.56. The molecular formula is C15H22ClFN2O3. The highest BCUT2D eigenvalue weighted by Gasteiger charge is 2.28. The van der Waals surface area contributed by atoms with Crippen LogP contribution in [0.5, 0.6) is 5.75 Å². The highest BCUT2D eigenvalue weighted by atomic mass is 35.5. The second kappa shape index (κ2) is 8.92. The highest BCUT2D eigenvalue weighted by Crippen LogP contribution is 2.16. The molecule has 1 unspecified atom stereocenters. The minimum Gasteiger partial charge on any atom is -0.486 e. The lowest BCUT2D eigenvalue weighted by molar-refractivity contribution is -0.129. The van der Waals surface area contributed by atoms with E-state index in [0.717, 1.165) is 0 Å². The molecule has 3 atom stereocenters. The van der Waals surface area contributed by atoms with Crippen molar-refractivity contribution in [2.75, 3.05) is 19.7 Å². The minimum atomic E-state index is -0.411. The first-order valence-electron chi connectivity index (χ1n) is 7.12. The van der Waals surface area contributed by atoms with Crippen molar-refractivity contribution in [3.8, 4) is 5.75 Å². The third kappa shape index (κ3) is 5.12. The Labute approximate surface area is 136 Å². The number of para-hydroxylation sites is 1. The summed E-state index contributed by atoms with van der Waals surface area (Å²) in [4.78, 5) is 12.0. The van der Waals surface area contributed by atoms with E-state index in [0.29, 0.717) is 19.7 Å². The van der Waals surface area contributed by atoms with E-state index in [-0.39, 0.29) is 42.3 Å². The van der Waals surface area contributed by atoms with E-state index in [1.807, 2.05) is 6.92 Å². The van der Waals surface area contributed by atoms with Crippen LogP contribution in [-0.4, -0.2) is 43.9 Å². The first-order chi connectivity index (χ1) is 10.1. The number of ether oxygens (including phenoxy) is 2. The molecule has 5 nitrogen and oxygen atoms in total. The number of halogens is 2. The minimum absolute atomic E-state index is 0. The van der Waals surface area contributed by atoms with Gasteiger partial charge in [0.15, 0.2) is 11.6 Å². The Bertz CT molecular complexity index is 490. The lowest BCUT2D eigenvalue weighted by Gasteiger charge is -2.29. The van der Waals surface area contributed by atoms with Crippen LogP contribution >= 0.6 is 12.4 Å². The monoisotopic (exact) mass is 332 g/mol. The maximum Gasteiger partial charge on any atom is 0.239 e. The smallest absolute Gasteiger partial charge is 0.239 e. The van der Waals surface area contributed by atoms with Crippen LogP contribution in [0.4, 0.5) is 4.39 Å². The maximum atomic E-state index is 13.5. The average Bonchev–Trinajstić information content (AvgIpc) is 2.48. The quantitative estimate of drug-likeness (QED) is 0.858. The fourth-order valence-electron chi connectivity index (χ4n) is 2.18. The van der Waals surface area contributed by atoms with Crippen molar-refractivity contribution in [1.82, 2.24) is 10.6 Å². The zero-order valence-electron chi connectivity index (χ0n) is 12.7. The molecule has 1 aromatic rings. The third-order valence-corrected chi connectivity index (χ3v) is 3.33. The molecule has 0 aliphatic carbocycles. The second-order valence-electron chi connectivity index (χ2n) is 5.11. The molecule has 1 aromatic carbocycles. The summed E-state index contributed by atoms with van der Waals surface area (Å²) < 4.78 is 24.3. The van der Waals surface area contributed by atoms with Crippen LogP contribution in [-0.2, 0) is 9.53 Å². The van der Waals surface area contributed by atoms with Crippen LogP contribution in [0.1, 0.15) is 13.8 Å². The number of rotatable bonds is 5. The van der Waals surface area contributed by atoms with Gasteiger partial charge in [0.25, 0.3) is 0 Å². The van der Waals surface area contributed by atoms with Crippen molar-refractivity contribution < 1.29 is 18.7 Å². The molecular weight excluding hydrogens is 311 g/mol. The van der Waals surface area contributed by atoms with Crippen molar-refractivity contribution in [2.24, 2.45) is 0 Å². The van der Waals surface area contributed by atoms with E-state index in [1.165, 1.54) is 6.07 Å². The SMILES string of the molecule is CC(CNC(=O)[C@H]1NCCO[C@@H]1C)Oc1ccccc1F.Cl. The predicted octanol–water partition coefficient (Wildman–Crippen LogP) is 1.51. The van der Waals surface area contributed by atoms with Gasteiger partial charge in [-0.25, -0.2) is 4.39 Å². The van der Waals surface area contributed by atoms with E-state index in [4.69, 9.17) is 9.47 Å². The summed E-state index contributed by atoms with van der Waals surface area (Å²) in [6.45, 7) is 5.20. The zero-order chi connectivity index (χ0) is 15.2. The number of hydrogen-bond acceptors (Lipinski definition) is 4. The number of nitrogens with one attached hydrogen (secondary N) is 2. The molecule has 1 heterocycles. The Morgan fingerprint density at radius 2 is 2.27 bits per heavy atom. The van der Waals surface area contributed by atoms with Crippen LogP contribution in [0.2, 0.25) is 0 Å². The van der Waals surface area contributed by atoms with Gasteiger partial charge in [-0.3, -0.25) is 4.79 Å². The summed E-state index contributed by atoms with van der Waals surface area (Å²) in [5, 5.41) is 5.91. The molecule has 124 valence electrons. The average molecular weight is 333 g/mol. The second-order valence-corrected chi connectivity index (χ2v) is 5.11. The molecule has 2 N–H and O–H groups in total. The summed E-state index contributed by atoms with van der Waals surface area (Å²) in [6, 6.07) is 5.84. The maximum absolute atomic E-state index is 13.5. The Morgan fingerprint density at radius 1 is 1.55 bits per heavy atom. The van der Waals surface area contributed by atoms with E-state index >= 15 is 0 Å². The molecule has 1 aliphatic heterocycles. The van der Waals surface area contributed by atoms with Crippen molar-refractivity contribution in [1.29, 1.82) is 0 Å². The van der Waals surface area contributed by atoms with Gasteiger partial charge in [-0.1, -0.05) is 12.1 Å². The Kier molecular flexibility index (Phi) is 7.58. The largest absolute Gasteiger partial charge is 0.486 e. The summed E-state index contributed by atoms with van der Waals surface area (Å²) >= 11 is 0. The normalized spacial score (nSPS) is 22.3. The number of carbonyl (C=O) groups is 1. The molecule has 22 heavy (non-hydrogen) atoms. The summed E-state index contributed by atoms with van der Waals surface area (Å²) in [6.07, 6.45) is -0.493. The summed E-state index contributed by atoms with van der Waals surface area (Å²) in [7, 11) is 0. The van der Waals surface area contributed by atoms with E-state index in [1.54, 1.807) is 25.1 Å². The molecule has 0 saturated carbocycles. The third-order valence-electron chi connectivity index (χ3n) is 3.33. The molecule has 0 spiro atoms. The van der Waals surface area contributed by atoms with Crippen molar-refractivity contribution in [3.63, 3.8) is 0 Å². The summed E-state index contributed by atoms with van der Waals surface area (Å²) in [5.41, 5.74) is 0. The fraction of sp³-hybridized carbons (Fsp3) is 0.533. The van der Waals surface area contributed by atoms with Gasteiger partial charge in [0, 0.05) is 6.54 Å². The summed E-state index contributed by atoms with van der Waals surface area (Å²) in [5.74, 6) is -0.357. The van der Waals surface area contributed by atoms with E-state index in [9.17, 15) is 9.18 Å². The first-order valence-corrected chi connectivity index (χ1v) is 7.12. The van der Waals surface area contributed by atoms with E-state index < -0.39 is 5.82 Å². The lowest BCUT2D eigenvalue weighted by atomic mass is 10.1. The molecule has 1 aliphatic rings. The molecule has 1 saturated heterocycles. The van der Waals surface area contributed by atoms with Crippen molar-refractivity contribution in [3.05, 3.63) is 30.1 Å². The van der Waals surface area contributed by atoms with Crippen LogP contribution < -0.4 is 15.4 Å². The molecule has 7 heteroatoms. The highest BCUT2D eigenvalue weighted by molar-refractivity contribution is 5.85. The van der Waals surface area contributed by atoms with Crippen molar-refractivity contribution >= 4 is 18.3 Å². The van der Waals surface area contributed by atoms with Crippen LogP contribution in [0.15, 0.2) is 24.3 Å². The van der Waals surface area contributed by atoms with Gasteiger partial charge in [-0.2, -0.15) is 0 Å². The molecule has 1 fully saturated rings. The number of amides is 1. The van der Waals surface area contributed by atoms with Crippen molar-refractivity contribution in [2.45, 2.75) is 32.1 Å². The predicted molar refractivity (Wildman–Crippen MR) is 84.0 cm³/mol. The zero-order valence-corrected chi connectivity index (χ0v) is 13.5. The Hall–Kier alpha value is -1.37. The molecule has 0 bridgehead atoms. The van der Waals surface area contributed by atoms with Gasteiger partial charge in [0.05, 0.1) is 19.3 Å². The van der Waals surface area contributed by atoms with Gasteiger partial charge in [-0.15, -0.1) is 12.4 Å². The first kappa shape index (κ1) is 18.7. The molecule has 0 radical (unpaired) electrons. The van der Waals surface area contributed by atoms with Gasteiger partial charge in [0.2, 0.25) is 5.91 Å². The number of carbonyl (C=O) groups excluding carboxylic acids is 1. The topological polar surface area (TPSA) is 59.6 Å². The standard InChI is InChI=1S/C15H21FN2O3.ClH/c1-10(21-13-6-4-3-5-12(13)16)9-18-15(19)14-11(2)20-8-7-17-14;/h3-6,10-11,14,17H,7-9H2,1-2H3,(H,18,19);1H/t10?,11-,14+;/m1./s1. The fourth-order valence-corrected chi connectivity index (χ4v) is 2.18. The Morgan fingerprint density at radius 3 is 2.95 bits per heavy atom. The number of benzene rings is 1. The van der Waals surface area contributed by atoms with Crippen LogP contribution in [0.3, 0.4) is 0 Å². The number of hydrogen-bond donors (Lipinski definition) is 2. The molecule has 0 aromatic heterocycles. The number of morpholine rings is 1. The van der Waals surface area contributed by atoms with E-state index in [2.05, 4.69) is 10.6 Å². The Balaban J connectivity index is 0.00000242. The van der Waals surface area contributed by atoms with Gasteiger partial charge < -0.3 is 20.1 Å². The van der Waals surface area contributed by atoms with Gasteiger partial charge >= 0.3 is 0 Å². The molecule has 2 rings (SSSR count). The van der Waals surface area contributed by atoms with Gasteiger partial charge in [-0.05, 0) is 26.0 Å². The molecule has 1 amide bonds. The van der Waals surface area contributed by atoms with Crippen LogP contribution in [0, 0.1) is 5.82 Å². The van der Waals surface area contributed by atoms with Gasteiger partial charge in [0.1, 0.15) is 12.1 Å².